The van der Waals surface area contributed by atoms with Crippen LogP contribution in [0.15, 0.2) is 74.8 Å². The molecule has 0 radical (unpaired) electrons. The van der Waals surface area contributed by atoms with E-state index >= 15 is 0 Å². The molecule has 0 amide bonds. The number of ether oxygens (including phenoxy) is 1. The van der Waals surface area contributed by atoms with Crippen LogP contribution in [0.3, 0.4) is 0 Å². The molecule has 4 rings (SSSR count). The minimum atomic E-state index is -0.898. The van der Waals surface area contributed by atoms with Crippen molar-refractivity contribution in [2.45, 2.75) is 27.0 Å². The Morgan fingerprint density at radius 2 is 1.69 bits per heavy atom. The Morgan fingerprint density at radius 3 is 2.31 bits per heavy atom. The summed E-state index contributed by atoms with van der Waals surface area (Å²) in [6.45, 7) is 4.63. The first-order valence-corrected chi connectivity index (χ1v) is 10.1. The molecule has 6 nitrogen and oxygen atoms in total. The molecule has 0 aliphatic heterocycles. The van der Waals surface area contributed by atoms with Gasteiger partial charge in [-0.05, 0) is 65.9 Å². The van der Waals surface area contributed by atoms with E-state index in [-0.39, 0.29) is 36.1 Å². The van der Waals surface area contributed by atoms with Crippen LogP contribution in [-0.2, 0) is 13.2 Å². The maximum atomic E-state index is 11.5. The molecule has 0 bridgehead atoms. The van der Waals surface area contributed by atoms with Crippen molar-refractivity contribution in [3.63, 3.8) is 0 Å². The van der Waals surface area contributed by atoms with Crippen LogP contribution in [-0.4, -0.2) is 4.74 Å². The molecule has 158 valence electrons. The van der Waals surface area contributed by atoms with Crippen LogP contribution in [0, 0.1) is 13.8 Å². The van der Waals surface area contributed by atoms with Gasteiger partial charge >= 0.3 is 35.3 Å². The van der Waals surface area contributed by atoms with E-state index in [2.05, 4.69) is 43.1 Å². The van der Waals surface area contributed by atoms with Gasteiger partial charge in [0.05, 0.1) is 0 Å². The second-order valence-electron chi connectivity index (χ2n) is 7.29. The third-order valence-electron chi connectivity index (χ3n) is 5.05. The second-order valence-corrected chi connectivity index (χ2v) is 7.70. The molecule has 0 saturated carbocycles. The summed E-state index contributed by atoms with van der Waals surface area (Å²) in [7, 11) is 0. The van der Waals surface area contributed by atoms with Gasteiger partial charge < -0.3 is 14.2 Å². The van der Waals surface area contributed by atoms with Crippen molar-refractivity contribution < 1.29 is 38.8 Å². The number of benzene rings is 3. The van der Waals surface area contributed by atoms with E-state index in [1.807, 2.05) is 12.1 Å². The predicted molar refractivity (Wildman–Crippen MR) is 119 cm³/mol. The van der Waals surface area contributed by atoms with Crippen molar-refractivity contribution in [2.75, 3.05) is 0 Å². The molecule has 4 aromatic rings. The molecule has 1 heterocycles. The summed E-state index contributed by atoms with van der Waals surface area (Å²) < 4.78 is 11.6. The zero-order valence-corrected chi connectivity index (χ0v) is 20.8. The molecule has 0 aliphatic rings. The van der Waals surface area contributed by atoms with E-state index in [1.165, 1.54) is 16.7 Å². The van der Waals surface area contributed by atoms with Gasteiger partial charge in [0.15, 0.2) is 5.69 Å². The summed E-state index contributed by atoms with van der Waals surface area (Å²) in [5, 5.41) is 0.643. The Morgan fingerprint density at radius 1 is 1.00 bits per heavy atom. The Bertz CT molecular complexity index is 1320. The summed E-state index contributed by atoms with van der Waals surface area (Å²) in [6, 6.07) is 19.4. The monoisotopic (exact) mass is 458 g/mol. The SMILES string of the molecule is Cc1cccc(C)c1-c1ccc(Cl)c(COc2ccc(Cn3oc(=O)[n-]c3=O)cc2)c1.[Na+]. The minimum Gasteiger partial charge on any atom is -0.489 e. The van der Waals surface area contributed by atoms with Gasteiger partial charge in [-0.1, -0.05) is 48.0 Å². The van der Waals surface area contributed by atoms with Crippen LogP contribution >= 0.6 is 11.6 Å². The number of aromatic nitrogens is 2. The number of aryl methyl sites for hydroxylation is 2. The molecule has 0 aliphatic carbocycles. The van der Waals surface area contributed by atoms with E-state index in [1.54, 1.807) is 24.3 Å². The summed E-state index contributed by atoms with van der Waals surface area (Å²) in [4.78, 5) is 25.7. The first-order chi connectivity index (χ1) is 14.9. The topological polar surface area (TPSA) is 75.5 Å². The van der Waals surface area contributed by atoms with Crippen molar-refractivity contribution >= 4 is 11.6 Å². The number of hydrogen-bond donors (Lipinski definition) is 0. The largest absolute Gasteiger partial charge is 1.00 e. The Kier molecular flexibility index (Phi) is 7.85. The van der Waals surface area contributed by atoms with Gasteiger partial charge in [0.1, 0.15) is 12.4 Å². The zero-order valence-electron chi connectivity index (χ0n) is 18.1. The fourth-order valence-corrected chi connectivity index (χ4v) is 3.69. The normalized spacial score (nSPS) is 10.6. The van der Waals surface area contributed by atoms with Crippen LogP contribution in [0.5, 0.6) is 5.75 Å². The minimum absolute atomic E-state index is 0. The van der Waals surface area contributed by atoms with Crippen molar-refractivity contribution in [3.8, 4) is 16.9 Å². The van der Waals surface area contributed by atoms with Crippen molar-refractivity contribution in [3.05, 3.63) is 109 Å². The van der Waals surface area contributed by atoms with Gasteiger partial charge in [-0.2, -0.15) is 0 Å². The Hall–Kier alpha value is -2.51. The Labute approximate surface area is 212 Å². The van der Waals surface area contributed by atoms with Crippen molar-refractivity contribution in [2.24, 2.45) is 0 Å². The van der Waals surface area contributed by atoms with Gasteiger partial charge in [0, 0.05) is 17.1 Å². The van der Waals surface area contributed by atoms with Gasteiger partial charge in [0.2, 0.25) is 0 Å². The number of hydrogen-bond acceptors (Lipinski definition) is 4. The first-order valence-electron chi connectivity index (χ1n) is 9.72. The van der Waals surface area contributed by atoms with Crippen LogP contribution < -0.4 is 50.7 Å². The maximum absolute atomic E-state index is 11.5. The number of nitrogens with zero attached hydrogens (tertiary/aromatic N) is 2. The van der Waals surface area contributed by atoms with E-state index in [0.29, 0.717) is 17.4 Å². The fourth-order valence-electron chi connectivity index (χ4n) is 3.52. The third kappa shape index (κ3) is 5.45. The summed E-state index contributed by atoms with van der Waals surface area (Å²) in [5.41, 5.74) is 5.68. The molecule has 32 heavy (non-hydrogen) atoms. The predicted octanol–water partition coefficient (Wildman–Crippen LogP) is 1.33. The first kappa shape index (κ1) is 24.1. The van der Waals surface area contributed by atoms with Gasteiger partial charge in [-0.25, -0.2) is 4.79 Å². The molecule has 0 fully saturated rings. The van der Waals surface area contributed by atoms with Gasteiger partial charge in [0.25, 0.3) is 0 Å². The smallest absolute Gasteiger partial charge is 0.489 e. The molecule has 0 unspecified atom stereocenters. The molecule has 0 atom stereocenters. The van der Waals surface area contributed by atoms with Crippen molar-refractivity contribution in [1.82, 2.24) is 9.72 Å². The Balaban J connectivity index is 0.00000289. The zero-order chi connectivity index (χ0) is 22.0. The van der Waals surface area contributed by atoms with Crippen LogP contribution in [0.2, 0.25) is 5.02 Å². The summed E-state index contributed by atoms with van der Waals surface area (Å²) >= 11 is 6.41. The molecule has 0 spiro atoms. The van der Waals surface area contributed by atoms with Crippen LogP contribution in [0.25, 0.3) is 11.1 Å². The molecule has 8 heteroatoms. The summed E-state index contributed by atoms with van der Waals surface area (Å²) in [5.74, 6) is -0.239. The molecular formula is C24H20ClN2NaO4. The molecule has 3 aromatic carbocycles. The third-order valence-corrected chi connectivity index (χ3v) is 5.42. The standard InChI is InChI=1S/C24H21ClN2O4.Na/c1-15-4-3-5-16(2)22(15)18-8-11-21(25)19(12-18)14-30-20-9-6-17(7-10-20)13-27-23(28)26-24(29)31-27;/h3-12H,13-14H2,1-2H3,(H,26,28,29);/q;+1/p-1. The van der Waals surface area contributed by atoms with Gasteiger partial charge in [-0.15, -0.1) is 0 Å². The van der Waals surface area contributed by atoms with Crippen LogP contribution in [0.1, 0.15) is 22.3 Å². The van der Waals surface area contributed by atoms with Gasteiger partial charge in [-0.3, -0.25) is 9.53 Å². The molecule has 1 aromatic heterocycles. The van der Waals surface area contributed by atoms with E-state index in [0.717, 1.165) is 21.4 Å². The summed E-state index contributed by atoms with van der Waals surface area (Å²) in [6.07, 6.45) is 0. The van der Waals surface area contributed by atoms with Crippen LogP contribution in [0.4, 0.5) is 0 Å². The average Bonchev–Trinajstić information content (AvgIpc) is 3.05. The fraction of sp³-hybridized carbons (Fsp3) is 0.167. The molecule has 0 N–H and O–H groups in total. The molecule has 0 saturated heterocycles. The van der Waals surface area contributed by atoms with E-state index in [9.17, 15) is 9.59 Å². The van der Waals surface area contributed by atoms with E-state index in [4.69, 9.17) is 20.9 Å². The quantitative estimate of drug-likeness (QED) is 0.407. The maximum Gasteiger partial charge on any atom is 1.00 e. The average molecular weight is 459 g/mol. The van der Waals surface area contributed by atoms with Crippen molar-refractivity contribution in [1.29, 1.82) is 0 Å². The number of halogens is 1. The number of rotatable bonds is 6. The molecular weight excluding hydrogens is 439 g/mol. The van der Waals surface area contributed by atoms with E-state index < -0.39 is 11.4 Å². The second kappa shape index (κ2) is 10.4.